The van der Waals surface area contributed by atoms with Crippen LogP contribution in [-0.2, 0) is 6.18 Å². The van der Waals surface area contributed by atoms with E-state index in [1.807, 2.05) is 31.2 Å². The van der Waals surface area contributed by atoms with Crippen LogP contribution in [-0.4, -0.2) is 22.6 Å². The van der Waals surface area contributed by atoms with Crippen LogP contribution in [0.1, 0.15) is 26.3 Å². The topological polar surface area (TPSA) is 38.2 Å². The highest BCUT2D eigenvalue weighted by molar-refractivity contribution is 14.1. The fourth-order valence-corrected chi connectivity index (χ4v) is 2.61. The van der Waals surface area contributed by atoms with Gasteiger partial charge in [-0.2, -0.15) is 18.2 Å². The van der Waals surface area contributed by atoms with Crippen molar-refractivity contribution >= 4 is 34.2 Å². The lowest BCUT2D eigenvalue weighted by Gasteiger charge is -2.23. The Hall–Kier alpha value is -1.58. The number of ether oxygens (including phenoxy) is 1. The van der Waals surface area contributed by atoms with Gasteiger partial charge in [0.25, 0.3) is 0 Å². The maximum absolute atomic E-state index is 13.1. The summed E-state index contributed by atoms with van der Waals surface area (Å²) < 4.78 is 45.6. The zero-order valence-electron chi connectivity index (χ0n) is 13.4. The SMILES string of the molecule is CCN(c1cccc(I)c1)c1ncc(C(F)(F)F)c(OC(C)C)n1. The Morgan fingerprint density at radius 3 is 2.54 bits per heavy atom. The van der Waals surface area contributed by atoms with Gasteiger partial charge in [-0.3, -0.25) is 0 Å². The number of halogens is 4. The zero-order chi connectivity index (χ0) is 17.9. The van der Waals surface area contributed by atoms with E-state index in [2.05, 4.69) is 32.6 Å². The predicted octanol–water partition coefficient (Wildman–Crippen LogP) is 5.05. The van der Waals surface area contributed by atoms with Crippen LogP contribution >= 0.6 is 22.6 Å². The standard InChI is InChI=1S/C16H17F3IN3O/c1-4-23(12-7-5-6-11(20)8-12)15-21-9-13(16(17,18)19)14(22-15)24-10(2)3/h5-10H,4H2,1-3H3. The lowest BCUT2D eigenvalue weighted by atomic mass is 10.3. The quantitative estimate of drug-likeness (QED) is 0.597. The van der Waals surface area contributed by atoms with Crippen molar-refractivity contribution in [2.75, 3.05) is 11.4 Å². The van der Waals surface area contributed by atoms with Gasteiger partial charge >= 0.3 is 6.18 Å². The molecule has 0 spiro atoms. The lowest BCUT2D eigenvalue weighted by molar-refractivity contribution is -0.139. The van der Waals surface area contributed by atoms with Crippen LogP contribution < -0.4 is 9.64 Å². The molecule has 1 aromatic heterocycles. The number of aromatic nitrogens is 2. The monoisotopic (exact) mass is 451 g/mol. The molecule has 0 bridgehead atoms. The van der Waals surface area contributed by atoms with E-state index in [1.165, 1.54) is 0 Å². The van der Waals surface area contributed by atoms with Crippen molar-refractivity contribution < 1.29 is 17.9 Å². The normalized spacial score (nSPS) is 11.7. The summed E-state index contributed by atoms with van der Waals surface area (Å²) in [6, 6.07) is 7.57. The summed E-state index contributed by atoms with van der Waals surface area (Å²) in [7, 11) is 0. The van der Waals surface area contributed by atoms with Gasteiger partial charge in [-0.15, -0.1) is 0 Å². The number of alkyl halides is 3. The van der Waals surface area contributed by atoms with Crippen LogP contribution in [0.2, 0.25) is 0 Å². The summed E-state index contributed by atoms with van der Waals surface area (Å²) in [5.74, 6) is -0.283. The number of hydrogen-bond donors (Lipinski definition) is 0. The molecule has 1 aromatic carbocycles. The predicted molar refractivity (Wildman–Crippen MR) is 94.6 cm³/mol. The molecule has 0 aliphatic rings. The maximum Gasteiger partial charge on any atom is 0.423 e. The molecule has 1 heterocycles. The number of benzene rings is 1. The van der Waals surface area contributed by atoms with E-state index in [1.54, 1.807) is 18.7 Å². The molecular formula is C16H17F3IN3O. The Kier molecular flexibility index (Phi) is 5.89. The van der Waals surface area contributed by atoms with E-state index in [4.69, 9.17) is 4.74 Å². The molecule has 0 saturated carbocycles. The Labute approximate surface area is 152 Å². The van der Waals surface area contributed by atoms with Crippen molar-refractivity contribution in [1.29, 1.82) is 0 Å². The Morgan fingerprint density at radius 2 is 2.00 bits per heavy atom. The van der Waals surface area contributed by atoms with Crippen molar-refractivity contribution in [3.05, 3.63) is 39.6 Å². The molecule has 0 saturated heterocycles. The summed E-state index contributed by atoms with van der Waals surface area (Å²) in [6.07, 6.45) is -4.22. The van der Waals surface area contributed by atoms with Crippen LogP contribution in [0.5, 0.6) is 5.88 Å². The Bertz CT molecular complexity index is 707. The second kappa shape index (κ2) is 7.54. The second-order valence-corrected chi connectivity index (χ2v) is 6.52. The molecule has 130 valence electrons. The summed E-state index contributed by atoms with van der Waals surface area (Å²) >= 11 is 2.17. The van der Waals surface area contributed by atoms with Gasteiger partial charge in [0.1, 0.15) is 5.56 Å². The highest BCUT2D eigenvalue weighted by Crippen LogP contribution is 2.36. The van der Waals surface area contributed by atoms with Gasteiger partial charge in [-0.05, 0) is 61.6 Å². The molecule has 0 fully saturated rings. The van der Waals surface area contributed by atoms with Gasteiger partial charge < -0.3 is 9.64 Å². The van der Waals surface area contributed by atoms with Crippen molar-refractivity contribution in [2.45, 2.75) is 33.1 Å². The molecule has 24 heavy (non-hydrogen) atoms. The van der Waals surface area contributed by atoms with E-state index in [9.17, 15) is 13.2 Å². The Balaban J connectivity index is 2.49. The van der Waals surface area contributed by atoms with Gasteiger partial charge in [-0.25, -0.2) is 4.98 Å². The van der Waals surface area contributed by atoms with Gasteiger partial charge in [-0.1, -0.05) is 6.07 Å². The summed E-state index contributed by atoms with van der Waals surface area (Å²) in [4.78, 5) is 9.66. The molecule has 0 radical (unpaired) electrons. The average Bonchev–Trinajstić information content (AvgIpc) is 2.46. The largest absolute Gasteiger partial charge is 0.474 e. The van der Waals surface area contributed by atoms with Crippen molar-refractivity contribution in [1.82, 2.24) is 9.97 Å². The minimum atomic E-state index is -4.57. The third-order valence-electron chi connectivity index (χ3n) is 3.07. The third kappa shape index (κ3) is 4.49. The first kappa shape index (κ1) is 18.8. The molecule has 0 unspecified atom stereocenters. The van der Waals surface area contributed by atoms with Gasteiger partial charge in [0.05, 0.1) is 6.10 Å². The smallest absolute Gasteiger partial charge is 0.423 e. The molecule has 2 rings (SSSR count). The van der Waals surface area contributed by atoms with E-state index in [0.717, 1.165) is 15.5 Å². The van der Waals surface area contributed by atoms with E-state index >= 15 is 0 Å². The van der Waals surface area contributed by atoms with E-state index in [0.29, 0.717) is 6.54 Å². The third-order valence-corrected chi connectivity index (χ3v) is 3.74. The van der Waals surface area contributed by atoms with Crippen LogP contribution in [0.25, 0.3) is 0 Å². The van der Waals surface area contributed by atoms with Crippen LogP contribution in [0.3, 0.4) is 0 Å². The minimum Gasteiger partial charge on any atom is -0.474 e. The summed E-state index contributed by atoms with van der Waals surface area (Å²) in [6.45, 7) is 5.69. The molecule has 0 aliphatic carbocycles. The van der Waals surface area contributed by atoms with Gasteiger partial charge in [0, 0.05) is 22.0 Å². The zero-order valence-corrected chi connectivity index (χ0v) is 15.6. The molecule has 8 heteroatoms. The molecule has 0 amide bonds. The molecule has 2 aromatic rings. The first-order chi connectivity index (χ1) is 11.2. The van der Waals surface area contributed by atoms with Crippen LogP contribution in [0.15, 0.2) is 30.5 Å². The molecule has 0 N–H and O–H groups in total. The fraction of sp³-hybridized carbons (Fsp3) is 0.375. The average molecular weight is 451 g/mol. The first-order valence-corrected chi connectivity index (χ1v) is 8.44. The minimum absolute atomic E-state index is 0.170. The lowest BCUT2D eigenvalue weighted by Crippen LogP contribution is -2.21. The van der Waals surface area contributed by atoms with Crippen LogP contribution in [0, 0.1) is 3.57 Å². The van der Waals surface area contributed by atoms with Crippen LogP contribution in [0.4, 0.5) is 24.8 Å². The van der Waals surface area contributed by atoms with Crippen molar-refractivity contribution in [2.24, 2.45) is 0 Å². The summed E-state index contributed by atoms with van der Waals surface area (Å²) in [5.41, 5.74) is -0.168. The maximum atomic E-state index is 13.1. The number of anilines is 2. The highest BCUT2D eigenvalue weighted by Gasteiger charge is 2.37. The first-order valence-electron chi connectivity index (χ1n) is 7.36. The fourth-order valence-electron chi connectivity index (χ4n) is 2.08. The van der Waals surface area contributed by atoms with Gasteiger partial charge in [0.2, 0.25) is 11.8 Å². The second-order valence-electron chi connectivity index (χ2n) is 5.28. The number of hydrogen-bond acceptors (Lipinski definition) is 4. The van der Waals surface area contributed by atoms with Crippen molar-refractivity contribution in [3.8, 4) is 5.88 Å². The number of nitrogens with zero attached hydrogens (tertiary/aromatic N) is 3. The molecular weight excluding hydrogens is 434 g/mol. The highest BCUT2D eigenvalue weighted by atomic mass is 127. The van der Waals surface area contributed by atoms with Crippen molar-refractivity contribution in [3.63, 3.8) is 0 Å². The van der Waals surface area contributed by atoms with E-state index in [-0.39, 0.29) is 5.95 Å². The summed E-state index contributed by atoms with van der Waals surface area (Å²) in [5, 5.41) is 0. The number of rotatable bonds is 5. The van der Waals surface area contributed by atoms with E-state index < -0.39 is 23.7 Å². The Morgan fingerprint density at radius 1 is 1.29 bits per heavy atom. The molecule has 0 aliphatic heterocycles. The van der Waals surface area contributed by atoms with Gasteiger partial charge in [0.15, 0.2) is 0 Å². The molecule has 4 nitrogen and oxygen atoms in total. The molecule has 0 atom stereocenters.